The molecule has 0 atom stereocenters. The molecule has 0 aromatic heterocycles. The predicted octanol–water partition coefficient (Wildman–Crippen LogP) is 4.05. The lowest BCUT2D eigenvalue weighted by atomic mass is 10.2. The van der Waals surface area contributed by atoms with Gasteiger partial charge >= 0.3 is 0 Å². The second-order valence-corrected chi connectivity index (χ2v) is 14.0. The number of nitrogens with one attached hydrogen (secondary N) is 1. The summed E-state index contributed by atoms with van der Waals surface area (Å²) in [6.07, 6.45) is 1.73. The summed E-state index contributed by atoms with van der Waals surface area (Å²) >= 11 is 3.38. The predicted molar refractivity (Wildman–Crippen MR) is 149 cm³/mol. The Balaban J connectivity index is 1.45. The molecule has 0 aliphatic carbocycles. The third kappa shape index (κ3) is 6.89. The minimum Gasteiger partial charge on any atom is -0.351 e. The van der Waals surface area contributed by atoms with Crippen molar-refractivity contribution in [2.24, 2.45) is 0 Å². The molecular formula is C27H30BrN3O5S2. The molecular weight excluding hydrogens is 590 g/mol. The Kier molecular flexibility index (Phi) is 9.04. The fourth-order valence-corrected chi connectivity index (χ4v) is 7.32. The minimum atomic E-state index is -3.94. The Bertz CT molecular complexity index is 1470. The average Bonchev–Trinajstić information content (AvgIpc) is 3.45. The zero-order valence-electron chi connectivity index (χ0n) is 21.0. The summed E-state index contributed by atoms with van der Waals surface area (Å²) in [6.45, 7) is 2.73. The van der Waals surface area contributed by atoms with E-state index in [-0.39, 0.29) is 29.4 Å². The van der Waals surface area contributed by atoms with E-state index in [2.05, 4.69) is 21.2 Å². The number of carbonyl (C=O) groups is 1. The van der Waals surface area contributed by atoms with E-state index in [0.29, 0.717) is 18.7 Å². The highest BCUT2D eigenvalue weighted by atomic mass is 79.9. The lowest BCUT2D eigenvalue weighted by Gasteiger charge is -2.22. The van der Waals surface area contributed by atoms with Crippen molar-refractivity contribution in [2.45, 2.75) is 42.6 Å². The number of carbonyl (C=O) groups excluding carboxylic acids is 1. The summed E-state index contributed by atoms with van der Waals surface area (Å²) in [7, 11) is -7.46. The lowest BCUT2D eigenvalue weighted by molar-refractivity contribution is -0.121. The maximum atomic E-state index is 13.4. The van der Waals surface area contributed by atoms with Gasteiger partial charge in [-0.2, -0.15) is 8.61 Å². The highest BCUT2D eigenvalue weighted by molar-refractivity contribution is 9.10. The van der Waals surface area contributed by atoms with Gasteiger partial charge in [0, 0.05) is 30.7 Å². The van der Waals surface area contributed by atoms with Crippen molar-refractivity contribution in [1.29, 1.82) is 0 Å². The van der Waals surface area contributed by atoms with Crippen LogP contribution in [-0.4, -0.2) is 51.0 Å². The first-order chi connectivity index (χ1) is 18.1. The van der Waals surface area contributed by atoms with Crippen molar-refractivity contribution in [3.8, 4) is 0 Å². The van der Waals surface area contributed by atoms with E-state index in [0.717, 1.165) is 32.7 Å². The molecule has 3 aromatic carbocycles. The number of halogens is 1. The van der Waals surface area contributed by atoms with Crippen LogP contribution in [0, 0.1) is 6.92 Å². The number of aryl methyl sites for hydroxylation is 1. The number of nitrogens with zero attached hydrogens (tertiary/aromatic N) is 2. The van der Waals surface area contributed by atoms with Gasteiger partial charge in [-0.15, -0.1) is 0 Å². The van der Waals surface area contributed by atoms with Gasteiger partial charge in [-0.05, 0) is 67.3 Å². The molecule has 0 bridgehead atoms. The van der Waals surface area contributed by atoms with Gasteiger partial charge in [0.25, 0.3) is 0 Å². The van der Waals surface area contributed by atoms with Crippen LogP contribution in [0.1, 0.15) is 29.5 Å². The van der Waals surface area contributed by atoms with E-state index in [1.807, 2.05) is 19.1 Å². The van der Waals surface area contributed by atoms with Gasteiger partial charge in [0.1, 0.15) is 0 Å². The molecule has 202 valence electrons. The molecule has 1 saturated heterocycles. The first-order valence-electron chi connectivity index (χ1n) is 12.2. The monoisotopic (exact) mass is 619 g/mol. The topological polar surface area (TPSA) is 104 Å². The molecule has 8 nitrogen and oxygen atoms in total. The Hall–Kier alpha value is -2.57. The molecule has 3 aromatic rings. The first kappa shape index (κ1) is 28.4. The lowest BCUT2D eigenvalue weighted by Crippen LogP contribution is -2.40. The fourth-order valence-electron chi connectivity index (χ4n) is 4.15. The smallest absolute Gasteiger partial charge is 0.243 e. The summed E-state index contributed by atoms with van der Waals surface area (Å²) in [5, 5.41) is 2.76. The number of amides is 1. The van der Waals surface area contributed by atoms with Gasteiger partial charge < -0.3 is 5.32 Å². The maximum Gasteiger partial charge on any atom is 0.243 e. The highest BCUT2D eigenvalue weighted by Gasteiger charge is 2.28. The average molecular weight is 621 g/mol. The Morgan fingerprint density at radius 3 is 2.00 bits per heavy atom. The van der Waals surface area contributed by atoms with Gasteiger partial charge in [-0.1, -0.05) is 57.9 Å². The summed E-state index contributed by atoms with van der Waals surface area (Å²) in [6, 6.07) is 20.2. The summed E-state index contributed by atoms with van der Waals surface area (Å²) in [5.74, 6) is -0.466. The van der Waals surface area contributed by atoms with Gasteiger partial charge in [0.2, 0.25) is 26.0 Å². The standard InChI is InChI=1S/C27H30BrN3O5S2/c1-21-4-12-25(13-5-21)38(35,36)31(19-23-6-10-24(28)11-7-23)20-27(32)29-18-22-8-14-26(15-9-22)37(33,34)30-16-2-3-17-30/h4-15H,2-3,16-20H2,1H3,(H,29,32). The van der Waals surface area contributed by atoms with Crippen LogP contribution < -0.4 is 5.32 Å². The molecule has 0 unspecified atom stereocenters. The van der Waals surface area contributed by atoms with Crippen LogP contribution in [-0.2, 0) is 37.9 Å². The molecule has 1 amide bonds. The van der Waals surface area contributed by atoms with E-state index in [1.165, 1.54) is 28.6 Å². The van der Waals surface area contributed by atoms with Gasteiger partial charge in [0.15, 0.2) is 0 Å². The van der Waals surface area contributed by atoms with Crippen LogP contribution in [0.5, 0.6) is 0 Å². The molecule has 1 aliphatic rings. The minimum absolute atomic E-state index is 0.0277. The Labute approximate surface area is 232 Å². The number of benzene rings is 3. The van der Waals surface area contributed by atoms with Crippen molar-refractivity contribution in [2.75, 3.05) is 19.6 Å². The number of sulfonamides is 2. The van der Waals surface area contributed by atoms with Gasteiger partial charge in [-0.25, -0.2) is 16.8 Å². The second-order valence-electron chi connectivity index (χ2n) is 9.24. The molecule has 11 heteroatoms. The number of hydrogen-bond donors (Lipinski definition) is 1. The van der Waals surface area contributed by atoms with E-state index >= 15 is 0 Å². The zero-order chi connectivity index (χ0) is 27.3. The highest BCUT2D eigenvalue weighted by Crippen LogP contribution is 2.22. The molecule has 4 rings (SSSR count). The van der Waals surface area contributed by atoms with Crippen LogP contribution >= 0.6 is 15.9 Å². The molecule has 1 aliphatic heterocycles. The second kappa shape index (κ2) is 12.1. The fraction of sp³-hybridized carbons (Fsp3) is 0.296. The van der Waals surface area contributed by atoms with Crippen LogP contribution in [0.15, 0.2) is 87.1 Å². The maximum absolute atomic E-state index is 13.4. The molecule has 1 heterocycles. The summed E-state index contributed by atoms with van der Waals surface area (Å²) < 4.78 is 55.8. The van der Waals surface area contributed by atoms with E-state index < -0.39 is 26.0 Å². The van der Waals surface area contributed by atoms with Crippen molar-refractivity contribution < 1.29 is 21.6 Å². The van der Waals surface area contributed by atoms with Gasteiger partial charge in [0.05, 0.1) is 16.3 Å². The first-order valence-corrected chi connectivity index (χ1v) is 15.9. The summed E-state index contributed by atoms with van der Waals surface area (Å²) in [5.41, 5.74) is 2.38. The van der Waals surface area contributed by atoms with Crippen molar-refractivity contribution >= 4 is 41.9 Å². The molecule has 0 saturated carbocycles. The molecule has 1 fully saturated rings. The molecule has 0 spiro atoms. The van der Waals surface area contributed by atoms with Crippen molar-refractivity contribution in [3.05, 3.63) is 94.0 Å². The van der Waals surface area contributed by atoms with Crippen molar-refractivity contribution in [3.63, 3.8) is 0 Å². The third-order valence-electron chi connectivity index (χ3n) is 6.37. The quantitative estimate of drug-likeness (QED) is 0.369. The van der Waals surface area contributed by atoms with Crippen LogP contribution in [0.25, 0.3) is 0 Å². The number of rotatable bonds is 10. The van der Waals surface area contributed by atoms with E-state index in [4.69, 9.17) is 0 Å². The molecule has 1 N–H and O–H groups in total. The van der Waals surface area contributed by atoms with E-state index in [9.17, 15) is 21.6 Å². The third-order valence-corrected chi connectivity index (χ3v) is 10.6. The molecule has 38 heavy (non-hydrogen) atoms. The Morgan fingerprint density at radius 2 is 1.39 bits per heavy atom. The largest absolute Gasteiger partial charge is 0.351 e. The molecule has 0 radical (unpaired) electrons. The Morgan fingerprint density at radius 1 is 0.842 bits per heavy atom. The van der Waals surface area contributed by atoms with Crippen molar-refractivity contribution in [1.82, 2.24) is 13.9 Å². The SMILES string of the molecule is Cc1ccc(S(=O)(=O)N(CC(=O)NCc2ccc(S(=O)(=O)N3CCCC3)cc2)Cc2ccc(Br)cc2)cc1. The normalized spacial score (nSPS) is 14.6. The van der Waals surface area contributed by atoms with Crippen LogP contribution in [0.3, 0.4) is 0 Å². The van der Waals surface area contributed by atoms with Crippen LogP contribution in [0.2, 0.25) is 0 Å². The van der Waals surface area contributed by atoms with Gasteiger partial charge in [-0.3, -0.25) is 4.79 Å². The van der Waals surface area contributed by atoms with E-state index in [1.54, 1.807) is 36.4 Å². The zero-order valence-corrected chi connectivity index (χ0v) is 24.2. The summed E-state index contributed by atoms with van der Waals surface area (Å²) in [4.78, 5) is 13.2. The number of hydrogen-bond acceptors (Lipinski definition) is 5. The van der Waals surface area contributed by atoms with Crippen LogP contribution in [0.4, 0.5) is 0 Å².